The van der Waals surface area contributed by atoms with Crippen LogP contribution in [0.15, 0.2) is 24.3 Å². The molecular weight excluding hydrogens is 198 g/mol. The molecule has 0 saturated heterocycles. The van der Waals surface area contributed by atoms with Crippen molar-refractivity contribution in [2.24, 2.45) is 0 Å². The molecule has 0 amide bonds. The Kier molecular flexibility index (Phi) is 5.50. The average Bonchev–Trinajstić information content (AvgIpc) is 2.35. The molecule has 0 aliphatic carbocycles. The maximum atomic E-state index is 9.05. The molecule has 0 fully saturated rings. The van der Waals surface area contributed by atoms with E-state index < -0.39 is 0 Å². The van der Waals surface area contributed by atoms with Gasteiger partial charge >= 0.3 is 0 Å². The van der Waals surface area contributed by atoms with Crippen molar-refractivity contribution in [2.45, 2.75) is 45.7 Å². The van der Waals surface area contributed by atoms with Gasteiger partial charge in [-0.3, -0.25) is 0 Å². The van der Waals surface area contributed by atoms with Crippen molar-refractivity contribution in [1.29, 1.82) is 0 Å². The molecule has 2 nitrogen and oxygen atoms in total. The number of aliphatic hydroxyl groups excluding tert-OH is 1. The lowest BCUT2D eigenvalue weighted by Gasteiger charge is -2.21. The van der Waals surface area contributed by atoms with Gasteiger partial charge in [0.2, 0.25) is 0 Å². The molecule has 2 N–H and O–H groups in total. The monoisotopic (exact) mass is 221 g/mol. The summed E-state index contributed by atoms with van der Waals surface area (Å²) in [5, 5.41) is 12.5. The van der Waals surface area contributed by atoms with Gasteiger partial charge in [0.15, 0.2) is 0 Å². The Morgan fingerprint density at radius 3 is 2.25 bits per heavy atom. The standard InChI is InChI=1S/C14H23NO/c1-4-12-6-8-13(9-7-12)14(5-2)15-11(3)10-16/h6-9,11,14-16H,4-5,10H2,1-3H3/t11-,14?/m0/s1. The maximum absolute atomic E-state index is 9.05. The van der Waals surface area contributed by atoms with Crippen LogP contribution in [0.3, 0.4) is 0 Å². The van der Waals surface area contributed by atoms with Crippen LogP contribution in [0.5, 0.6) is 0 Å². The summed E-state index contributed by atoms with van der Waals surface area (Å²) in [7, 11) is 0. The number of rotatable bonds is 6. The smallest absolute Gasteiger partial charge is 0.0582 e. The van der Waals surface area contributed by atoms with Crippen LogP contribution in [0.2, 0.25) is 0 Å². The Bertz CT molecular complexity index is 294. The van der Waals surface area contributed by atoms with Crippen molar-refractivity contribution < 1.29 is 5.11 Å². The number of aryl methyl sites for hydroxylation is 1. The van der Waals surface area contributed by atoms with Crippen LogP contribution in [-0.4, -0.2) is 17.8 Å². The van der Waals surface area contributed by atoms with E-state index in [9.17, 15) is 0 Å². The molecule has 0 aromatic heterocycles. The SMILES string of the molecule is CCc1ccc(C(CC)N[C@@H](C)CO)cc1. The van der Waals surface area contributed by atoms with E-state index in [2.05, 4.69) is 43.4 Å². The highest BCUT2D eigenvalue weighted by molar-refractivity contribution is 5.25. The van der Waals surface area contributed by atoms with Gasteiger partial charge in [-0.05, 0) is 30.9 Å². The van der Waals surface area contributed by atoms with Crippen LogP contribution in [0.4, 0.5) is 0 Å². The Balaban J connectivity index is 2.70. The molecule has 90 valence electrons. The van der Waals surface area contributed by atoms with E-state index >= 15 is 0 Å². The van der Waals surface area contributed by atoms with Crippen molar-refractivity contribution in [3.8, 4) is 0 Å². The number of hydrogen-bond donors (Lipinski definition) is 2. The summed E-state index contributed by atoms with van der Waals surface area (Å²) in [5.74, 6) is 0. The molecule has 0 radical (unpaired) electrons. The summed E-state index contributed by atoms with van der Waals surface area (Å²) in [6.07, 6.45) is 2.12. The van der Waals surface area contributed by atoms with Gasteiger partial charge in [0.25, 0.3) is 0 Å². The molecular formula is C14H23NO. The lowest BCUT2D eigenvalue weighted by atomic mass is 10.0. The fourth-order valence-corrected chi connectivity index (χ4v) is 1.83. The molecule has 1 aromatic rings. The number of nitrogens with one attached hydrogen (secondary N) is 1. The van der Waals surface area contributed by atoms with E-state index in [-0.39, 0.29) is 12.6 Å². The molecule has 0 saturated carbocycles. The summed E-state index contributed by atoms with van der Waals surface area (Å²) in [6, 6.07) is 9.23. The van der Waals surface area contributed by atoms with Gasteiger partial charge in [0, 0.05) is 12.1 Å². The third kappa shape index (κ3) is 3.62. The normalized spacial score (nSPS) is 14.8. The average molecular weight is 221 g/mol. The third-order valence-corrected chi connectivity index (χ3v) is 2.96. The van der Waals surface area contributed by atoms with E-state index in [1.54, 1.807) is 0 Å². The van der Waals surface area contributed by atoms with Crippen molar-refractivity contribution in [3.63, 3.8) is 0 Å². The first-order valence-corrected chi connectivity index (χ1v) is 6.17. The van der Waals surface area contributed by atoms with Gasteiger partial charge < -0.3 is 10.4 Å². The molecule has 2 heteroatoms. The van der Waals surface area contributed by atoms with Crippen LogP contribution in [-0.2, 0) is 6.42 Å². The summed E-state index contributed by atoms with van der Waals surface area (Å²) >= 11 is 0. The summed E-state index contributed by atoms with van der Waals surface area (Å²) < 4.78 is 0. The number of benzene rings is 1. The van der Waals surface area contributed by atoms with Crippen LogP contribution in [0.25, 0.3) is 0 Å². The third-order valence-electron chi connectivity index (χ3n) is 2.96. The molecule has 16 heavy (non-hydrogen) atoms. The fraction of sp³-hybridized carbons (Fsp3) is 0.571. The molecule has 0 aliphatic rings. The molecule has 1 rings (SSSR count). The van der Waals surface area contributed by atoms with Crippen LogP contribution in [0.1, 0.15) is 44.4 Å². The zero-order valence-corrected chi connectivity index (χ0v) is 10.5. The Morgan fingerprint density at radius 2 is 1.81 bits per heavy atom. The van der Waals surface area contributed by atoms with Gasteiger partial charge in [-0.25, -0.2) is 0 Å². The van der Waals surface area contributed by atoms with E-state index in [1.165, 1.54) is 11.1 Å². The Labute approximate surface area is 98.7 Å². The maximum Gasteiger partial charge on any atom is 0.0582 e. The molecule has 2 atom stereocenters. The van der Waals surface area contributed by atoms with Gasteiger partial charge in [-0.1, -0.05) is 38.1 Å². The zero-order valence-electron chi connectivity index (χ0n) is 10.5. The lowest BCUT2D eigenvalue weighted by Crippen LogP contribution is -2.32. The number of aliphatic hydroxyl groups is 1. The fourth-order valence-electron chi connectivity index (χ4n) is 1.83. The molecule has 0 spiro atoms. The highest BCUT2D eigenvalue weighted by atomic mass is 16.3. The first-order chi connectivity index (χ1) is 7.71. The molecule has 1 aromatic carbocycles. The highest BCUT2D eigenvalue weighted by Gasteiger charge is 2.11. The van der Waals surface area contributed by atoms with Gasteiger partial charge in [-0.2, -0.15) is 0 Å². The first-order valence-electron chi connectivity index (χ1n) is 6.17. The lowest BCUT2D eigenvalue weighted by molar-refractivity contribution is 0.239. The Hall–Kier alpha value is -0.860. The summed E-state index contributed by atoms with van der Waals surface area (Å²) in [6.45, 7) is 6.51. The van der Waals surface area contributed by atoms with E-state index in [4.69, 9.17) is 5.11 Å². The van der Waals surface area contributed by atoms with E-state index in [0.29, 0.717) is 6.04 Å². The first kappa shape index (κ1) is 13.2. The van der Waals surface area contributed by atoms with E-state index in [1.807, 2.05) is 6.92 Å². The minimum Gasteiger partial charge on any atom is -0.395 e. The minimum absolute atomic E-state index is 0.149. The summed E-state index contributed by atoms with van der Waals surface area (Å²) in [4.78, 5) is 0. The van der Waals surface area contributed by atoms with Crippen LogP contribution >= 0.6 is 0 Å². The second-order valence-corrected chi connectivity index (χ2v) is 4.31. The second kappa shape index (κ2) is 6.66. The van der Waals surface area contributed by atoms with Gasteiger partial charge in [0.05, 0.1) is 6.61 Å². The Morgan fingerprint density at radius 1 is 1.19 bits per heavy atom. The van der Waals surface area contributed by atoms with Crippen LogP contribution in [0, 0.1) is 0 Å². The minimum atomic E-state index is 0.149. The molecule has 0 bridgehead atoms. The zero-order chi connectivity index (χ0) is 12.0. The topological polar surface area (TPSA) is 32.3 Å². The predicted molar refractivity (Wildman–Crippen MR) is 68.5 cm³/mol. The van der Waals surface area contributed by atoms with Crippen LogP contribution < -0.4 is 5.32 Å². The highest BCUT2D eigenvalue weighted by Crippen LogP contribution is 2.18. The largest absolute Gasteiger partial charge is 0.395 e. The predicted octanol–water partition coefficient (Wildman–Crippen LogP) is 2.67. The number of hydrogen-bond acceptors (Lipinski definition) is 2. The van der Waals surface area contributed by atoms with Gasteiger partial charge in [0.1, 0.15) is 0 Å². The van der Waals surface area contributed by atoms with Gasteiger partial charge in [-0.15, -0.1) is 0 Å². The molecule has 1 unspecified atom stereocenters. The summed E-state index contributed by atoms with van der Waals surface area (Å²) in [5.41, 5.74) is 2.67. The van der Waals surface area contributed by atoms with E-state index in [0.717, 1.165) is 12.8 Å². The van der Waals surface area contributed by atoms with Crippen molar-refractivity contribution >= 4 is 0 Å². The van der Waals surface area contributed by atoms with Crippen molar-refractivity contribution in [1.82, 2.24) is 5.32 Å². The molecule has 0 heterocycles. The van der Waals surface area contributed by atoms with Crippen molar-refractivity contribution in [3.05, 3.63) is 35.4 Å². The molecule has 0 aliphatic heterocycles. The quantitative estimate of drug-likeness (QED) is 0.774. The second-order valence-electron chi connectivity index (χ2n) is 4.31. The van der Waals surface area contributed by atoms with Crippen molar-refractivity contribution in [2.75, 3.05) is 6.61 Å².